The second-order valence-electron chi connectivity index (χ2n) is 3.11. The number of halogens is 1. The first-order chi connectivity index (χ1) is 5.33. The van der Waals surface area contributed by atoms with E-state index in [2.05, 4.69) is 37.7 Å². The van der Waals surface area contributed by atoms with Gasteiger partial charge in [0.1, 0.15) is 0 Å². The summed E-state index contributed by atoms with van der Waals surface area (Å²) in [5, 5.41) is 0. The van der Waals surface area contributed by atoms with Gasteiger partial charge in [0.2, 0.25) is 0 Å². The maximum Gasteiger partial charge on any atom is 0.0410 e. The zero-order chi connectivity index (χ0) is 8.10. The molecule has 1 atom stereocenters. The summed E-state index contributed by atoms with van der Waals surface area (Å²) in [7, 11) is 0. The van der Waals surface area contributed by atoms with Gasteiger partial charge >= 0.3 is 0 Å². The summed E-state index contributed by atoms with van der Waals surface area (Å²) in [6.07, 6.45) is 3.95. The number of rotatable bonds is 2. The molecule has 0 saturated carbocycles. The molecule has 0 aromatic heterocycles. The molecule has 64 valence electrons. The largest absolute Gasteiger partial charge is 0.301 e. The van der Waals surface area contributed by atoms with E-state index in [-0.39, 0.29) is 0 Å². The molecule has 0 aromatic rings. The summed E-state index contributed by atoms with van der Waals surface area (Å²) in [5.74, 6) is 0.798. The highest BCUT2D eigenvalue weighted by atomic mass is 127. The minimum absolute atomic E-state index is 0.798. The predicted octanol–water partition coefficient (Wildman–Crippen LogP) is 2.14. The van der Waals surface area contributed by atoms with E-state index in [0.717, 1.165) is 12.5 Å². The van der Waals surface area contributed by atoms with E-state index in [1.807, 2.05) is 0 Å². The van der Waals surface area contributed by atoms with Crippen LogP contribution in [-0.2, 0) is 0 Å². The van der Waals surface area contributed by atoms with Crippen LogP contribution in [0.1, 0.15) is 19.3 Å². The van der Waals surface area contributed by atoms with E-state index in [1.165, 1.54) is 32.4 Å². The van der Waals surface area contributed by atoms with Crippen LogP contribution in [0.15, 0.2) is 4.99 Å². The summed E-state index contributed by atoms with van der Waals surface area (Å²) in [6.45, 7) is 6.97. The third kappa shape index (κ3) is 3.51. The lowest BCUT2D eigenvalue weighted by Crippen LogP contribution is -2.12. The van der Waals surface area contributed by atoms with Crippen LogP contribution in [0.25, 0.3) is 0 Å². The molecular formula is C8H15IN2. The number of hydrogen-bond acceptors (Lipinski definition) is 2. The minimum Gasteiger partial charge on any atom is -0.301 e. The van der Waals surface area contributed by atoms with Crippen molar-refractivity contribution in [1.29, 1.82) is 0 Å². The van der Waals surface area contributed by atoms with Gasteiger partial charge in [-0.2, -0.15) is 0 Å². The SMILES string of the molecule is C=NCC1CCCN(I)CC1. The second-order valence-corrected chi connectivity index (χ2v) is 4.48. The summed E-state index contributed by atoms with van der Waals surface area (Å²) in [6, 6.07) is 0. The molecule has 11 heavy (non-hydrogen) atoms. The summed E-state index contributed by atoms with van der Waals surface area (Å²) in [4.78, 5) is 3.96. The Morgan fingerprint density at radius 2 is 2.27 bits per heavy atom. The average molecular weight is 266 g/mol. The van der Waals surface area contributed by atoms with E-state index in [9.17, 15) is 0 Å². The van der Waals surface area contributed by atoms with Crippen LogP contribution in [0.5, 0.6) is 0 Å². The Morgan fingerprint density at radius 1 is 1.45 bits per heavy atom. The Kier molecular flexibility index (Phi) is 4.37. The van der Waals surface area contributed by atoms with Gasteiger partial charge in [0.05, 0.1) is 0 Å². The summed E-state index contributed by atoms with van der Waals surface area (Å²) >= 11 is 2.41. The van der Waals surface area contributed by atoms with E-state index < -0.39 is 0 Å². The van der Waals surface area contributed by atoms with Gasteiger partial charge in [-0.05, 0) is 31.9 Å². The Hall–Kier alpha value is 0.360. The average Bonchev–Trinajstić information content (AvgIpc) is 2.17. The molecule has 0 radical (unpaired) electrons. The summed E-state index contributed by atoms with van der Waals surface area (Å²) < 4.78 is 2.38. The molecule has 0 amide bonds. The lowest BCUT2D eigenvalue weighted by atomic mass is 10.0. The maximum absolute atomic E-state index is 3.96. The van der Waals surface area contributed by atoms with E-state index in [1.54, 1.807) is 0 Å². The normalized spacial score (nSPS) is 27.9. The van der Waals surface area contributed by atoms with Crippen LogP contribution in [0, 0.1) is 5.92 Å². The Labute approximate surface area is 82.6 Å². The molecule has 3 heteroatoms. The van der Waals surface area contributed by atoms with Crippen molar-refractivity contribution in [2.75, 3.05) is 19.6 Å². The third-order valence-corrected chi connectivity index (χ3v) is 3.15. The molecule has 0 aliphatic carbocycles. The molecule has 0 bridgehead atoms. The molecule has 0 N–H and O–H groups in total. The van der Waals surface area contributed by atoms with Crippen molar-refractivity contribution in [3.63, 3.8) is 0 Å². The van der Waals surface area contributed by atoms with Gasteiger partial charge in [-0.3, -0.25) is 0 Å². The van der Waals surface area contributed by atoms with Crippen molar-refractivity contribution in [1.82, 2.24) is 3.11 Å². The van der Waals surface area contributed by atoms with Crippen molar-refractivity contribution in [3.8, 4) is 0 Å². The number of nitrogens with zero attached hydrogens (tertiary/aromatic N) is 2. The first kappa shape index (κ1) is 9.45. The fourth-order valence-electron chi connectivity index (χ4n) is 1.50. The zero-order valence-electron chi connectivity index (χ0n) is 6.80. The fraction of sp³-hybridized carbons (Fsp3) is 0.875. The van der Waals surface area contributed by atoms with Gasteiger partial charge in [0.25, 0.3) is 0 Å². The lowest BCUT2D eigenvalue weighted by molar-refractivity contribution is 0.471. The lowest BCUT2D eigenvalue weighted by Gasteiger charge is -2.10. The van der Waals surface area contributed by atoms with Gasteiger partial charge in [-0.15, -0.1) is 0 Å². The predicted molar refractivity (Wildman–Crippen MR) is 57.4 cm³/mol. The molecule has 1 aliphatic heterocycles. The van der Waals surface area contributed by atoms with Gasteiger partial charge in [0.15, 0.2) is 0 Å². The standard InChI is InChI=1S/C8H15IN2/c1-10-7-8-3-2-5-11(9)6-4-8/h8H,1-7H2. The van der Waals surface area contributed by atoms with Crippen LogP contribution in [0.3, 0.4) is 0 Å². The topological polar surface area (TPSA) is 15.6 Å². The number of aliphatic imine (C=N–C) groups is 1. The molecule has 1 unspecified atom stereocenters. The van der Waals surface area contributed by atoms with Gasteiger partial charge < -0.3 is 4.99 Å². The molecule has 1 heterocycles. The van der Waals surface area contributed by atoms with Crippen molar-refractivity contribution in [2.24, 2.45) is 10.9 Å². The minimum atomic E-state index is 0.798. The monoisotopic (exact) mass is 266 g/mol. The van der Waals surface area contributed by atoms with Gasteiger partial charge in [-0.1, -0.05) is 0 Å². The van der Waals surface area contributed by atoms with Crippen LogP contribution in [0.4, 0.5) is 0 Å². The van der Waals surface area contributed by atoms with E-state index in [4.69, 9.17) is 0 Å². The van der Waals surface area contributed by atoms with Crippen LogP contribution in [0.2, 0.25) is 0 Å². The number of hydrogen-bond donors (Lipinski definition) is 0. The molecule has 0 spiro atoms. The Balaban J connectivity index is 2.27. The fourth-order valence-corrected chi connectivity index (χ4v) is 2.12. The van der Waals surface area contributed by atoms with E-state index in [0.29, 0.717) is 0 Å². The van der Waals surface area contributed by atoms with Gasteiger partial charge in [0, 0.05) is 42.5 Å². The third-order valence-electron chi connectivity index (χ3n) is 2.18. The molecule has 2 nitrogen and oxygen atoms in total. The summed E-state index contributed by atoms with van der Waals surface area (Å²) in [5.41, 5.74) is 0. The van der Waals surface area contributed by atoms with Crippen molar-refractivity contribution < 1.29 is 0 Å². The van der Waals surface area contributed by atoms with Crippen LogP contribution < -0.4 is 0 Å². The van der Waals surface area contributed by atoms with Crippen molar-refractivity contribution in [2.45, 2.75) is 19.3 Å². The van der Waals surface area contributed by atoms with Gasteiger partial charge in [-0.25, -0.2) is 3.11 Å². The highest BCUT2D eigenvalue weighted by Crippen LogP contribution is 2.19. The second kappa shape index (κ2) is 5.09. The molecular weight excluding hydrogens is 251 g/mol. The molecule has 1 saturated heterocycles. The highest BCUT2D eigenvalue weighted by Gasteiger charge is 2.14. The first-order valence-electron chi connectivity index (χ1n) is 4.16. The molecule has 1 aliphatic rings. The van der Waals surface area contributed by atoms with Crippen LogP contribution >= 0.6 is 22.9 Å². The highest BCUT2D eigenvalue weighted by molar-refractivity contribution is 14.1. The van der Waals surface area contributed by atoms with Crippen molar-refractivity contribution in [3.05, 3.63) is 0 Å². The smallest absolute Gasteiger partial charge is 0.0410 e. The zero-order valence-corrected chi connectivity index (χ0v) is 8.96. The first-order valence-corrected chi connectivity index (χ1v) is 5.12. The molecule has 1 fully saturated rings. The molecule has 0 aromatic carbocycles. The van der Waals surface area contributed by atoms with E-state index >= 15 is 0 Å². The quantitative estimate of drug-likeness (QED) is 0.425. The maximum atomic E-state index is 3.96. The van der Waals surface area contributed by atoms with Crippen LogP contribution in [-0.4, -0.2) is 29.5 Å². The Bertz CT molecular complexity index is 127. The molecule has 1 rings (SSSR count). The van der Waals surface area contributed by atoms with Crippen molar-refractivity contribution >= 4 is 29.6 Å². The Morgan fingerprint density at radius 3 is 3.00 bits per heavy atom.